The Kier molecular flexibility index (Phi) is 4.79. The van der Waals surface area contributed by atoms with Crippen molar-refractivity contribution in [1.29, 1.82) is 0 Å². The van der Waals surface area contributed by atoms with Gasteiger partial charge in [-0.2, -0.15) is 0 Å². The molecule has 3 rings (SSSR count). The average molecular weight is 375 g/mol. The molecule has 2 aromatic carbocycles. The molecule has 1 aliphatic rings. The highest BCUT2D eigenvalue weighted by molar-refractivity contribution is 9.10. The fraction of sp³-hybridized carbons (Fsp3) is 0.278. The zero-order valence-electron chi connectivity index (χ0n) is 12.6. The summed E-state index contributed by atoms with van der Waals surface area (Å²) in [6.07, 6.45) is 3.53. The summed E-state index contributed by atoms with van der Waals surface area (Å²) in [7, 11) is 2.08. The van der Waals surface area contributed by atoms with Crippen molar-refractivity contribution in [3.05, 3.63) is 64.1 Å². The molecule has 1 N–H and O–H groups in total. The van der Waals surface area contributed by atoms with Crippen LogP contribution in [-0.4, -0.2) is 17.1 Å². The van der Waals surface area contributed by atoms with Crippen LogP contribution in [0.1, 0.15) is 30.0 Å². The average Bonchev–Trinajstić information content (AvgIpc) is 2.53. The van der Waals surface area contributed by atoms with E-state index >= 15 is 0 Å². The van der Waals surface area contributed by atoms with Crippen LogP contribution in [0.4, 0.5) is 5.69 Å². The van der Waals surface area contributed by atoms with Crippen LogP contribution in [0.3, 0.4) is 0 Å². The summed E-state index contributed by atoms with van der Waals surface area (Å²) in [4.78, 5) is 2.19. The number of nitrogens with one attached hydrogen (secondary N) is 1. The van der Waals surface area contributed by atoms with E-state index in [1.165, 1.54) is 24.0 Å². The lowest BCUT2D eigenvalue weighted by Crippen LogP contribution is -2.36. The molecule has 0 saturated heterocycles. The van der Waals surface area contributed by atoms with Gasteiger partial charge in [-0.3, -0.25) is 0 Å². The van der Waals surface area contributed by atoms with Crippen molar-refractivity contribution in [2.24, 2.45) is 0 Å². The molecule has 2 nitrogen and oxygen atoms in total. The van der Waals surface area contributed by atoms with E-state index in [9.17, 15) is 0 Å². The van der Waals surface area contributed by atoms with Gasteiger partial charge >= 0.3 is 0 Å². The van der Waals surface area contributed by atoms with Crippen LogP contribution in [0.25, 0.3) is 0 Å². The maximum Gasteiger partial charge on any atom is 0.173 e. The van der Waals surface area contributed by atoms with Crippen LogP contribution in [0.2, 0.25) is 0 Å². The van der Waals surface area contributed by atoms with Crippen LogP contribution in [0, 0.1) is 0 Å². The van der Waals surface area contributed by atoms with Crippen molar-refractivity contribution < 1.29 is 0 Å². The summed E-state index contributed by atoms with van der Waals surface area (Å²) >= 11 is 9.10. The zero-order chi connectivity index (χ0) is 15.5. The van der Waals surface area contributed by atoms with Gasteiger partial charge in [0, 0.05) is 17.2 Å². The van der Waals surface area contributed by atoms with Crippen LogP contribution >= 0.6 is 28.1 Å². The Hall–Kier alpha value is -1.39. The second kappa shape index (κ2) is 6.80. The first-order valence-corrected chi connectivity index (χ1v) is 8.72. The summed E-state index contributed by atoms with van der Waals surface area (Å²) < 4.78 is 1.05. The lowest BCUT2D eigenvalue weighted by Gasteiger charge is -2.35. The summed E-state index contributed by atoms with van der Waals surface area (Å²) in [6.45, 7) is 0. The second-order valence-electron chi connectivity index (χ2n) is 5.66. The largest absolute Gasteiger partial charge is 0.345 e. The Morgan fingerprint density at radius 1 is 1.23 bits per heavy atom. The van der Waals surface area contributed by atoms with Crippen molar-refractivity contribution in [2.75, 3.05) is 12.4 Å². The molecule has 0 spiro atoms. The predicted octanol–water partition coefficient (Wildman–Crippen LogP) is 5.16. The Morgan fingerprint density at radius 2 is 2.05 bits per heavy atom. The zero-order valence-corrected chi connectivity index (χ0v) is 15.0. The number of hydrogen-bond donors (Lipinski definition) is 1. The van der Waals surface area contributed by atoms with Crippen LogP contribution in [0.5, 0.6) is 0 Å². The molecule has 0 aliphatic heterocycles. The molecule has 0 amide bonds. The Morgan fingerprint density at radius 3 is 2.86 bits per heavy atom. The minimum absolute atomic E-state index is 0.358. The first kappa shape index (κ1) is 15.5. The minimum atomic E-state index is 0.358. The molecular weight excluding hydrogens is 356 g/mol. The molecule has 0 fully saturated rings. The van der Waals surface area contributed by atoms with Gasteiger partial charge in [-0.15, -0.1) is 0 Å². The van der Waals surface area contributed by atoms with E-state index in [0.29, 0.717) is 6.04 Å². The fourth-order valence-electron chi connectivity index (χ4n) is 3.05. The molecule has 0 unspecified atom stereocenters. The number of aryl methyl sites for hydroxylation is 1. The van der Waals surface area contributed by atoms with Crippen LogP contribution < -0.4 is 5.32 Å². The van der Waals surface area contributed by atoms with Crippen LogP contribution in [0.15, 0.2) is 53.0 Å². The number of nitrogens with zero attached hydrogens (tertiary/aromatic N) is 1. The van der Waals surface area contributed by atoms with Gasteiger partial charge in [-0.1, -0.05) is 46.3 Å². The van der Waals surface area contributed by atoms with Gasteiger partial charge in [0.05, 0.1) is 6.04 Å². The van der Waals surface area contributed by atoms with Crippen molar-refractivity contribution in [3.63, 3.8) is 0 Å². The third kappa shape index (κ3) is 3.33. The number of thiocarbonyl (C=S) groups is 1. The molecule has 0 aromatic heterocycles. The monoisotopic (exact) mass is 374 g/mol. The number of benzene rings is 2. The molecule has 22 heavy (non-hydrogen) atoms. The third-order valence-electron chi connectivity index (χ3n) is 4.20. The highest BCUT2D eigenvalue weighted by Crippen LogP contribution is 2.33. The Labute approximate surface area is 145 Å². The van der Waals surface area contributed by atoms with Gasteiger partial charge in [-0.05, 0) is 60.8 Å². The number of halogens is 1. The maximum absolute atomic E-state index is 5.61. The summed E-state index contributed by atoms with van der Waals surface area (Å²) in [5, 5.41) is 4.10. The molecule has 0 heterocycles. The topological polar surface area (TPSA) is 15.3 Å². The number of hydrogen-bond acceptors (Lipinski definition) is 1. The highest BCUT2D eigenvalue weighted by atomic mass is 79.9. The van der Waals surface area contributed by atoms with Gasteiger partial charge in [0.15, 0.2) is 5.11 Å². The molecule has 0 radical (unpaired) electrons. The number of fused-ring (bicyclic) bond motifs is 1. The SMILES string of the molecule is CN(C(=S)Nc1cccc(Br)c1)[C@H]1CCCc2ccccc21. The second-order valence-corrected chi connectivity index (χ2v) is 6.96. The van der Waals surface area contributed by atoms with Crippen molar-refractivity contribution >= 4 is 38.9 Å². The molecule has 1 aliphatic carbocycles. The lowest BCUT2D eigenvalue weighted by molar-refractivity contribution is 0.336. The molecular formula is C18H19BrN2S. The summed E-state index contributed by atoms with van der Waals surface area (Å²) in [6, 6.07) is 17.2. The molecule has 0 bridgehead atoms. The highest BCUT2D eigenvalue weighted by Gasteiger charge is 2.24. The van der Waals surface area contributed by atoms with E-state index in [0.717, 1.165) is 21.7 Å². The Bertz CT molecular complexity index is 686. The van der Waals surface area contributed by atoms with Gasteiger partial charge in [0.1, 0.15) is 0 Å². The maximum atomic E-state index is 5.61. The van der Waals surface area contributed by atoms with Gasteiger partial charge in [0.25, 0.3) is 0 Å². The predicted molar refractivity (Wildman–Crippen MR) is 100 cm³/mol. The first-order chi connectivity index (χ1) is 10.6. The van der Waals surface area contributed by atoms with E-state index in [1.807, 2.05) is 24.3 Å². The van der Waals surface area contributed by atoms with E-state index in [-0.39, 0.29) is 0 Å². The standard InChI is InChI=1S/C18H19BrN2S/c1-21(18(22)20-15-9-5-8-14(19)12-15)17-11-4-7-13-6-2-3-10-16(13)17/h2-3,5-6,8-10,12,17H,4,7,11H2,1H3,(H,20,22)/t17-/m0/s1. The van der Waals surface area contributed by atoms with Gasteiger partial charge in [-0.25, -0.2) is 0 Å². The lowest BCUT2D eigenvalue weighted by atomic mass is 9.87. The number of anilines is 1. The summed E-state index contributed by atoms with van der Waals surface area (Å²) in [5.74, 6) is 0. The Balaban J connectivity index is 1.77. The minimum Gasteiger partial charge on any atom is -0.345 e. The first-order valence-electron chi connectivity index (χ1n) is 7.52. The van der Waals surface area contributed by atoms with Gasteiger partial charge < -0.3 is 10.2 Å². The summed E-state index contributed by atoms with van der Waals surface area (Å²) in [5.41, 5.74) is 3.88. The fourth-order valence-corrected chi connectivity index (χ4v) is 3.69. The van der Waals surface area contributed by atoms with Crippen LogP contribution in [-0.2, 0) is 6.42 Å². The van der Waals surface area contributed by atoms with Crippen molar-refractivity contribution in [2.45, 2.75) is 25.3 Å². The third-order valence-corrected chi connectivity index (χ3v) is 5.08. The van der Waals surface area contributed by atoms with Crippen molar-refractivity contribution in [1.82, 2.24) is 4.90 Å². The van der Waals surface area contributed by atoms with Gasteiger partial charge in [0.2, 0.25) is 0 Å². The normalized spacial score (nSPS) is 16.7. The molecule has 2 aromatic rings. The van der Waals surface area contributed by atoms with E-state index in [1.54, 1.807) is 0 Å². The van der Waals surface area contributed by atoms with E-state index < -0.39 is 0 Å². The molecule has 114 valence electrons. The van der Waals surface area contributed by atoms with Crippen molar-refractivity contribution in [3.8, 4) is 0 Å². The smallest absolute Gasteiger partial charge is 0.173 e. The molecule has 1 atom stereocenters. The molecule has 4 heteroatoms. The van der Waals surface area contributed by atoms with E-state index in [2.05, 4.69) is 57.5 Å². The molecule has 0 saturated carbocycles. The number of rotatable bonds is 2. The quantitative estimate of drug-likeness (QED) is 0.731. The van der Waals surface area contributed by atoms with E-state index in [4.69, 9.17) is 12.2 Å².